The Morgan fingerprint density at radius 1 is 1.48 bits per heavy atom. The van der Waals surface area contributed by atoms with Gasteiger partial charge in [-0.3, -0.25) is 4.79 Å². The zero-order chi connectivity index (χ0) is 14.8. The summed E-state index contributed by atoms with van der Waals surface area (Å²) >= 11 is 0. The zero-order valence-electron chi connectivity index (χ0n) is 13.3. The van der Waals surface area contributed by atoms with Gasteiger partial charge in [-0.25, -0.2) is 0 Å². The lowest BCUT2D eigenvalue weighted by atomic mass is 9.77. The molecule has 1 unspecified atom stereocenters. The second kappa shape index (κ2) is 7.27. The van der Waals surface area contributed by atoms with Crippen molar-refractivity contribution in [1.29, 1.82) is 0 Å². The van der Waals surface area contributed by atoms with Crippen LogP contribution in [0.5, 0.6) is 0 Å². The van der Waals surface area contributed by atoms with Crippen LogP contribution in [0.1, 0.15) is 43.7 Å². The topological polar surface area (TPSA) is 67.2 Å². The van der Waals surface area contributed by atoms with Crippen LogP contribution in [0.15, 0.2) is 4.52 Å². The van der Waals surface area contributed by atoms with E-state index in [2.05, 4.69) is 29.6 Å². The lowest BCUT2D eigenvalue weighted by Crippen LogP contribution is -2.53. The summed E-state index contributed by atoms with van der Waals surface area (Å²) in [5.74, 6) is 0.761. The van der Waals surface area contributed by atoms with Gasteiger partial charge in [-0.05, 0) is 38.6 Å². The molecule has 21 heavy (non-hydrogen) atoms. The maximum Gasteiger partial charge on any atom is 0.224 e. The number of nitrogens with zero attached hydrogens (tertiary/aromatic N) is 1. The normalized spacial score (nSPS) is 20.7. The molecule has 0 aromatic carbocycles. The van der Waals surface area contributed by atoms with Crippen molar-refractivity contribution in [2.75, 3.05) is 13.1 Å². The lowest BCUT2D eigenvalue weighted by Gasteiger charge is -2.39. The van der Waals surface area contributed by atoms with Gasteiger partial charge in [0.1, 0.15) is 5.76 Å². The van der Waals surface area contributed by atoms with Crippen molar-refractivity contribution in [3.8, 4) is 0 Å². The Hall–Kier alpha value is -1.07. The quantitative estimate of drug-likeness (QED) is 0.893. The fraction of sp³-hybridized carbons (Fsp3) is 0.733. The van der Waals surface area contributed by atoms with Crippen molar-refractivity contribution in [3.63, 3.8) is 0 Å². The molecule has 1 fully saturated rings. The number of aryl methyl sites for hydroxylation is 2. The molecule has 0 bridgehead atoms. The van der Waals surface area contributed by atoms with Crippen molar-refractivity contribution >= 4 is 18.3 Å². The van der Waals surface area contributed by atoms with Crippen LogP contribution in [0.2, 0.25) is 0 Å². The molecule has 1 amide bonds. The van der Waals surface area contributed by atoms with E-state index in [0.717, 1.165) is 23.6 Å². The highest BCUT2D eigenvalue weighted by Gasteiger charge is 2.31. The van der Waals surface area contributed by atoms with Gasteiger partial charge in [-0.2, -0.15) is 0 Å². The number of halogens is 1. The van der Waals surface area contributed by atoms with Crippen LogP contribution < -0.4 is 10.6 Å². The molecule has 2 rings (SSSR count). The highest BCUT2D eigenvalue weighted by molar-refractivity contribution is 5.85. The van der Waals surface area contributed by atoms with Crippen LogP contribution in [-0.4, -0.2) is 30.2 Å². The van der Waals surface area contributed by atoms with Crippen LogP contribution >= 0.6 is 12.4 Å². The van der Waals surface area contributed by atoms with E-state index >= 15 is 0 Å². The molecular weight excluding hydrogens is 290 g/mol. The average Bonchev–Trinajstić information content (AvgIpc) is 2.69. The Bertz CT molecular complexity index is 466. The number of hydrogen-bond donors (Lipinski definition) is 2. The summed E-state index contributed by atoms with van der Waals surface area (Å²) in [6.07, 6.45) is 2.75. The van der Waals surface area contributed by atoms with E-state index in [1.807, 2.05) is 13.8 Å². The molecule has 2 heterocycles. The molecule has 1 saturated heterocycles. The third kappa shape index (κ3) is 4.45. The van der Waals surface area contributed by atoms with Crippen molar-refractivity contribution < 1.29 is 9.32 Å². The summed E-state index contributed by atoms with van der Waals surface area (Å²) < 4.78 is 5.08. The first kappa shape index (κ1) is 18.0. The minimum Gasteiger partial charge on any atom is -0.361 e. The number of rotatable bonds is 4. The molecule has 2 N–H and O–H groups in total. The molecule has 1 atom stereocenters. The molecule has 1 aromatic heterocycles. The summed E-state index contributed by atoms with van der Waals surface area (Å²) in [6, 6.07) is 0.338. The maximum absolute atomic E-state index is 12.1. The smallest absolute Gasteiger partial charge is 0.224 e. The predicted octanol–water partition coefficient (Wildman–Crippen LogP) is 2.15. The van der Waals surface area contributed by atoms with E-state index in [1.54, 1.807) is 0 Å². The highest BCUT2D eigenvalue weighted by Crippen LogP contribution is 2.29. The van der Waals surface area contributed by atoms with Gasteiger partial charge in [0.2, 0.25) is 5.91 Å². The summed E-state index contributed by atoms with van der Waals surface area (Å²) in [4.78, 5) is 12.1. The average molecular weight is 316 g/mol. The van der Waals surface area contributed by atoms with Gasteiger partial charge >= 0.3 is 0 Å². The standard InChI is InChI=1S/C15H25N3O2.ClH/c1-10-12(11(2)20-18-10)8-14(19)17-9-13-15(3,4)6-5-7-16-13;/h13,16H,5-9H2,1-4H3,(H,17,19);1H. The fourth-order valence-corrected chi connectivity index (χ4v) is 2.81. The van der Waals surface area contributed by atoms with Crippen LogP contribution in [0, 0.1) is 19.3 Å². The van der Waals surface area contributed by atoms with Crippen molar-refractivity contribution in [2.24, 2.45) is 5.41 Å². The first-order valence-corrected chi connectivity index (χ1v) is 7.32. The predicted molar refractivity (Wildman–Crippen MR) is 84.7 cm³/mol. The summed E-state index contributed by atoms with van der Waals surface area (Å²) in [7, 11) is 0. The van der Waals surface area contributed by atoms with Crippen LogP contribution in [-0.2, 0) is 11.2 Å². The molecule has 1 aromatic rings. The lowest BCUT2D eigenvalue weighted by molar-refractivity contribution is -0.120. The van der Waals surface area contributed by atoms with Gasteiger partial charge in [-0.15, -0.1) is 12.4 Å². The van der Waals surface area contributed by atoms with Gasteiger partial charge in [0, 0.05) is 18.2 Å². The first-order valence-electron chi connectivity index (χ1n) is 7.32. The van der Waals surface area contributed by atoms with Crippen LogP contribution in [0.25, 0.3) is 0 Å². The van der Waals surface area contributed by atoms with Crippen LogP contribution in [0.4, 0.5) is 0 Å². The monoisotopic (exact) mass is 315 g/mol. The minimum atomic E-state index is 0. The first-order chi connectivity index (χ1) is 9.40. The Labute approximate surface area is 132 Å². The molecule has 0 spiro atoms. The van der Waals surface area contributed by atoms with Gasteiger partial charge in [0.05, 0.1) is 12.1 Å². The SMILES string of the molecule is Cc1noc(C)c1CC(=O)NCC1NCCCC1(C)C.Cl. The molecule has 1 aliphatic heterocycles. The zero-order valence-corrected chi connectivity index (χ0v) is 14.1. The fourth-order valence-electron chi connectivity index (χ4n) is 2.81. The van der Waals surface area contributed by atoms with Crippen LogP contribution in [0.3, 0.4) is 0 Å². The largest absolute Gasteiger partial charge is 0.361 e. The van der Waals surface area contributed by atoms with Gasteiger partial charge in [-0.1, -0.05) is 19.0 Å². The third-order valence-corrected chi connectivity index (χ3v) is 4.35. The molecule has 0 saturated carbocycles. The van der Waals surface area contributed by atoms with Gasteiger partial charge in [0.25, 0.3) is 0 Å². The van der Waals surface area contributed by atoms with E-state index in [-0.39, 0.29) is 23.7 Å². The molecular formula is C15H26ClN3O2. The Kier molecular flexibility index (Phi) is 6.23. The number of amides is 1. The Morgan fingerprint density at radius 3 is 2.76 bits per heavy atom. The van der Waals surface area contributed by atoms with Crippen molar-refractivity contribution in [3.05, 3.63) is 17.0 Å². The number of nitrogens with one attached hydrogen (secondary N) is 2. The number of piperidine rings is 1. The summed E-state index contributed by atoms with van der Waals surface area (Å²) in [5.41, 5.74) is 1.93. The molecule has 1 aliphatic rings. The van der Waals surface area contributed by atoms with E-state index < -0.39 is 0 Å². The molecule has 0 radical (unpaired) electrons. The van der Waals surface area contributed by atoms with E-state index in [1.165, 1.54) is 12.8 Å². The number of carbonyl (C=O) groups is 1. The molecule has 5 nitrogen and oxygen atoms in total. The second-order valence-electron chi connectivity index (χ2n) is 6.38. The number of carbonyl (C=O) groups excluding carboxylic acids is 1. The molecule has 0 aliphatic carbocycles. The summed E-state index contributed by atoms with van der Waals surface area (Å²) in [5, 5.41) is 10.4. The number of hydrogen-bond acceptors (Lipinski definition) is 4. The van der Waals surface area contributed by atoms with E-state index in [4.69, 9.17) is 4.52 Å². The summed E-state index contributed by atoms with van der Waals surface area (Å²) in [6.45, 7) is 9.93. The third-order valence-electron chi connectivity index (χ3n) is 4.35. The van der Waals surface area contributed by atoms with E-state index in [0.29, 0.717) is 19.0 Å². The Balaban J connectivity index is 0.00000220. The number of aromatic nitrogens is 1. The maximum atomic E-state index is 12.1. The minimum absolute atomic E-state index is 0. The van der Waals surface area contributed by atoms with Crippen molar-refractivity contribution in [2.45, 2.75) is 53.0 Å². The molecule has 120 valence electrons. The highest BCUT2D eigenvalue weighted by atomic mass is 35.5. The van der Waals surface area contributed by atoms with Gasteiger partial charge in [0.15, 0.2) is 0 Å². The Morgan fingerprint density at radius 2 is 2.19 bits per heavy atom. The second-order valence-corrected chi connectivity index (χ2v) is 6.38. The van der Waals surface area contributed by atoms with E-state index in [9.17, 15) is 4.79 Å². The molecule has 6 heteroatoms. The van der Waals surface area contributed by atoms with Gasteiger partial charge < -0.3 is 15.2 Å². The van der Waals surface area contributed by atoms with Crippen molar-refractivity contribution in [1.82, 2.24) is 15.8 Å².